The first-order valence-electron chi connectivity index (χ1n) is 9.96. The number of amides is 1. The van der Waals surface area contributed by atoms with E-state index < -0.39 is 5.60 Å². The van der Waals surface area contributed by atoms with Crippen LogP contribution in [0.5, 0.6) is 0 Å². The van der Waals surface area contributed by atoms with Crippen LogP contribution < -0.4 is 4.90 Å². The Hall–Kier alpha value is -1.37. The molecule has 0 bridgehead atoms. The Morgan fingerprint density at radius 1 is 1.27 bits per heavy atom. The average Bonchev–Trinajstić information content (AvgIpc) is 2.62. The van der Waals surface area contributed by atoms with Gasteiger partial charge in [-0.05, 0) is 56.7 Å². The normalized spacial score (nSPS) is 14.4. The van der Waals surface area contributed by atoms with Crippen LogP contribution in [0.2, 0.25) is 5.02 Å². The molecule has 30 heavy (non-hydrogen) atoms. The van der Waals surface area contributed by atoms with E-state index in [2.05, 4.69) is 58.2 Å². The molecule has 1 heterocycles. The molecule has 0 atom stereocenters. The summed E-state index contributed by atoms with van der Waals surface area (Å²) in [6, 6.07) is 14.5. The van der Waals surface area contributed by atoms with Crippen LogP contribution in [0.1, 0.15) is 26.3 Å². The molecule has 0 N–H and O–H groups in total. The Bertz CT molecular complexity index is 897. The summed E-state index contributed by atoms with van der Waals surface area (Å²) in [6.45, 7) is 8.10. The van der Waals surface area contributed by atoms with Gasteiger partial charge in [0, 0.05) is 58.4 Å². The van der Waals surface area contributed by atoms with Gasteiger partial charge >= 0.3 is 6.09 Å². The summed E-state index contributed by atoms with van der Waals surface area (Å²) in [5.41, 5.74) is 1.96. The number of benzene rings is 2. The quantitative estimate of drug-likeness (QED) is 0.404. The van der Waals surface area contributed by atoms with E-state index >= 15 is 0 Å². The number of hydrogen-bond donors (Lipinski definition) is 0. The number of carbonyl (C=O) groups excluding carboxylic acids is 1. The molecule has 1 aliphatic rings. The number of ether oxygens (including phenoxy) is 1. The fourth-order valence-electron chi connectivity index (χ4n) is 3.26. The second kappa shape index (κ2) is 9.84. The Balaban J connectivity index is 1.50. The van der Waals surface area contributed by atoms with Crippen molar-refractivity contribution in [1.29, 1.82) is 0 Å². The summed E-state index contributed by atoms with van der Waals surface area (Å²) in [4.78, 5) is 17.4. The van der Waals surface area contributed by atoms with Gasteiger partial charge in [-0.15, -0.1) is 11.8 Å². The number of hydrogen-bond acceptors (Lipinski definition) is 4. The number of likely N-dealkylation sites (tertiary alicyclic amines) is 1. The molecule has 1 amide bonds. The second-order valence-corrected chi connectivity index (χ2v) is 11.0. The third kappa shape index (κ3) is 6.56. The third-order valence-corrected chi connectivity index (χ3v) is 6.82. The van der Waals surface area contributed by atoms with Crippen LogP contribution in [0.15, 0.2) is 51.8 Å². The van der Waals surface area contributed by atoms with E-state index in [-0.39, 0.29) is 6.09 Å². The molecule has 1 fully saturated rings. The molecule has 0 aliphatic carbocycles. The van der Waals surface area contributed by atoms with Gasteiger partial charge in [-0.1, -0.05) is 39.7 Å². The minimum absolute atomic E-state index is 0.215. The molecule has 0 aromatic heterocycles. The van der Waals surface area contributed by atoms with Gasteiger partial charge in [-0.2, -0.15) is 0 Å². The first-order chi connectivity index (χ1) is 14.1. The van der Waals surface area contributed by atoms with E-state index in [1.807, 2.05) is 32.9 Å². The standard InChI is InChI=1S/C23H28BrClN2O2S/c1-23(2,3)29-22(28)27-13-16(14-27)12-26(4)19-6-5-7-20(11-19)30-15-17-8-9-18(25)10-21(17)24/h5-11,16H,12-15H2,1-4H3. The highest BCUT2D eigenvalue weighted by Gasteiger charge is 2.34. The molecule has 4 nitrogen and oxygen atoms in total. The van der Waals surface area contributed by atoms with Crippen LogP contribution in [-0.2, 0) is 10.5 Å². The van der Waals surface area contributed by atoms with E-state index in [0.29, 0.717) is 5.92 Å². The summed E-state index contributed by atoms with van der Waals surface area (Å²) in [5.74, 6) is 1.34. The molecular weight excluding hydrogens is 484 g/mol. The maximum atomic E-state index is 12.1. The van der Waals surface area contributed by atoms with E-state index in [4.69, 9.17) is 16.3 Å². The zero-order valence-corrected chi connectivity index (χ0v) is 21.0. The van der Waals surface area contributed by atoms with Gasteiger partial charge in [0.1, 0.15) is 5.60 Å². The summed E-state index contributed by atoms with van der Waals surface area (Å²) < 4.78 is 6.47. The fraction of sp³-hybridized carbons (Fsp3) is 0.435. The first-order valence-corrected chi connectivity index (χ1v) is 12.1. The molecule has 0 saturated carbocycles. The number of nitrogens with zero attached hydrogens (tertiary/aromatic N) is 2. The second-order valence-electron chi connectivity index (χ2n) is 8.65. The van der Waals surface area contributed by atoms with E-state index in [0.717, 1.165) is 34.9 Å². The Kier molecular flexibility index (Phi) is 7.64. The lowest BCUT2D eigenvalue weighted by atomic mass is 10.00. The molecule has 7 heteroatoms. The lowest BCUT2D eigenvalue weighted by Gasteiger charge is -2.41. The van der Waals surface area contributed by atoms with Crippen LogP contribution >= 0.6 is 39.3 Å². The molecule has 162 valence electrons. The van der Waals surface area contributed by atoms with Gasteiger partial charge in [0.15, 0.2) is 0 Å². The molecule has 0 unspecified atom stereocenters. The van der Waals surface area contributed by atoms with Gasteiger partial charge in [-0.25, -0.2) is 4.79 Å². The number of halogens is 2. The van der Waals surface area contributed by atoms with Crippen molar-refractivity contribution in [2.75, 3.05) is 31.6 Å². The molecular formula is C23H28BrClN2O2S. The topological polar surface area (TPSA) is 32.8 Å². The Labute approximate surface area is 197 Å². The third-order valence-electron chi connectivity index (χ3n) is 4.81. The van der Waals surface area contributed by atoms with Crippen LogP contribution in [0, 0.1) is 5.92 Å². The smallest absolute Gasteiger partial charge is 0.410 e. The van der Waals surface area contributed by atoms with Crippen molar-refractivity contribution in [3.8, 4) is 0 Å². The highest BCUT2D eigenvalue weighted by atomic mass is 79.9. The molecule has 2 aromatic rings. The SMILES string of the molecule is CN(CC1CN(C(=O)OC(C)(C)C)C1)c1cccc(SCc2ccc(Cl)cc2Br)c1. The molecule has 0 radical (unpaired) electrons. The lowest BCUT2D eigenvalue weighted by Crippen LogP contribution is -2.54. The van der Waals surface area contributed by atoms with Crippen molar-refractivity contribution in [3.63, 3.8) is 0 Å². The molecule has 0 spiro atoms. The monoisotopic (exact) mass is 510 g/mol. The van der Waals surface area contributed by atoms with Crippen molar-refractivity contribution in [1.82, 2.24) is 4.90 Å². The molecule has 1 aliphatic heterocycles. The van der Waals surface area contributed by atoms with Crippen molar-refractivity contribution >= 4 is 51.1 Å². The van der Waals surface area contributed by atoms with E-state index in [1.54, 1.807) is 16.7 Å². The highest BCUT2D eigenvalue weighted by Crippen LogP contribution is 2.31. The number of thioether (sulfide) groups is 1. The maximum absolute atomic E-state index is 12.1. The van der Waals surface area contributed by atoms with Crippen LogP contribution in [0.3, 0.4) is 0 Å². The van der Waals surface area contributed by atoms with Crippen molar-refractivity contribution in [3.05, 3.63) is 57.5 Å². The van der Waals surface area contributed by atoms with Crippen LogP contribution in [0.25, 0.3) is 0 Å². The largest absolute Gasteiger partial charge is 0.444 e. The fourth-order valence-corrected chi connectivity index (χ4v) is 5.23. The Morgan fingerprint density at radius 2 is 2.00 bits per heavy atom. The zero-order valence-electron chi connectivity index (χ0n) is 17.8. The van der Waals surface area contributed by atoms with E-state index in [1.165, 1.54) is 16.1 Å². The van der Waals surface area contributed by atoms with Gasteiger partial charge in [0.2, 0.25) is 0 Å². The van der Waals surface area contributed by atoms with Crippen molar-refractivity contribution in [2.45, 2.75) is 37.0 Å². The van der Waals surface area contributed by atoms with Crippen LogP contribution in [-0.4, -0.2) is 43.3 Å². The summed E-state index contributed by atoms with van der Waals surface area (Å²) in [6.07, 6.45) is -0.215. The number of carbonyl (C=O) groups is 1. The van der Waals surface area contributed by atoms with E-state index in [9.17, 15) is 4.79 Å². The maximum Gasteiger partial charge on any atom is 0.410 e. The Morgan fingerprint density at radius 3 is 2.67 bits per heavy atom. The minimum Gasteiger partial charge on any atom is -0.444 e. The molecule has 2 aromatic carbocycles. The van der Waals surface area contributed by atoms with Crippen molar-refractivity contribution < 1.29 is 9.53 Å². The van der Waals surface area contributed by atoms with Gasteiger partial charge in [0.05, 0.1) is 0 Å². The highest BCUT2D eigenvalue weighted by molar-refractivity contribution is 9.10. The predicted octanol–water partition coefficient (Wildman–Crippen LogP) is 6.70. The minimum atomic E-state index is -0.446. The lowest BCUT2D eigenvalue weighted by molar-refractivity contribution is 0.000189. The summed E-state index contributed by atoms with van der Waals surface area (Å²) >= 11 is 11.4. The number of rotatable bonds is 6. The zero-order chi connectivity index (χ0) is 21.9. The van der Waals surface area contributed by atoms with Gasteiger partial charge in [-0.3, -0.25) is 0 Å². The molecule has 3 rings (SSSR count). The number of anilines is 1. The molecule has 1 saturated heterocycles. The average molecular weight is 512 g/mol. The summed E-state index contributed by atoms with van der Waals surface area (Å²) in [7, 11) is 2.11. The summed E-state index contributed by atoms with van der Waals surface area (Å²) in [5, 5.41) is 0.737. The first kappa shape index (κ1) is 23.3. The van der Waals surface area contributed by atoms with Crippen molar-refractivity contribution in [2.24, 2.45) is 5.92 Å². The predicted molar refractivity (Wildman–Crippen MR) is 130 cm³/mol. The van der Waals surface area contributed by atoms with Crippen LogP contribution in [0.4, 0.5) is 10.5 Å². The van der Waals surface area contributed by atoms with Gasteiger partial charge < -0.3 is 14.5 Å². The van der Waals surface area contributed by atoms with Gasteiger partial charge in [0.25, 0.3) is 0 Å².